The first kappa shape index (κ1) is 9.96. The third-order valence-electron chi connectivity index (χ3n) is 1.71. The molecule has 2 aromatic rings. The summed E-state index contributed by atoms with van der Waals surface area (Å²) in [5.74, 6) is 0. The number of H-pyrrole nitrogens is 2. The zero-order valence-corrected chi connectivity index (χ0v) is 9.40. The monoisotopic (exact) mass is 268 g/mol. The average Bonchev–Trinajstić information content (AvgIpc) is 2.17. The van der Waals surface area contributed by atoms with Crippen molar-refractivity contribution in [3.05, 3.63) is 57.2 Å². The molecule has 0 atom stereocenters. The van der Waals surface area contributed by atoms with Gasteiger partial charge in [0, 0.05) is 0 Å². The molecule has 2 rings (SSSR count). The minimum atomic E-state index is -0.449. The molecular weight excluding hydrogens is 259 g/mol. The zero-order chi connectivity index (χ0) is 10.7. The first-order valence-electron chi connectivity index (χ1n) is 4.30. The van der Waals surface area contributed by atoms with Crippen LogP contribution in [0.15, 0.2) is 46.0 Å². The predicted octanol–water partition coefficient (Wildman–Crippen LogP) is -1.28. The van der Waals surface area contributed by atoms with Crippen LogP contribution in [0.1, 0.15) is 0 Å². The Hall–Kier alpha value is -1.58. The number of rotatable bonds is 2. The molecular formula is C10H8N2O2Se. The predicted molar refractivity (Wildman–Crippen MR) is 59.1 cm³/mol. The van der Waals surface area contributed by atoms with Gasteiger partial charge in [-0.05, 0) is 0 Å². The fraction of sp³-hybridized carbons (Fsp3) is 0. The quantitative estimate of drug-likeness (QED) is 0.665. The van der Waals surface area contributed by atoms with Gasteiger partial charge in [-0.2, -0.15) is 0 Å². The maximum atomic E-state index is 11.0. The first-order valence-corrected chi connectivity index (χ1v) is 6.02. The van der Waals surface area contributed by atoms with Gasteiger partial charge in [0.1, 0.15) is 0 Å². The first-order chi connectivity index (χ1) is 7.24. The van der Waals surface area contributed by atoms with Gasteiger partial charge >= 0.3 is 91.2 Å². The van der Waals surface area contributed by atoms with E-state index in [1.165, 1.54) is 6.07 Å². The van der Waals surface area contributed by atoms with Gasteiger partial charge in [0.15, 0.2) is 0 Å². The summed E-state index contributed by atoms with van der Waals surface area (Å²) in [6.45, 7) is 0. The Bertz CT molecular complexity index is 531. The molecule has 0 unspecified atom stereocenters. The van der Waals surface area contributed by atoms with E-state index in [-0.39, 0.29) is 20.5 Å². The number of hydrogen-bond donors (Lipinski definition) is 2. The van der Waals surface area contributed by atoms with Crippen molar-refractivity contribution in [1.82, 2.24) is 9.97 Å². The summed E-state index contributed by atoms with van der Waals surface area (Å²) in [4.78, 5) is 26.8. The van der Waals surface area contributed by atoms with E-state index in [2.05, 4.69) is 9.97 Å². The van der Waals surface area contributed by atoms with Gasteiger partial charge in [-0.15, -0.1) is 0 Å². The number of benzene rings is 1. The van der Waals surface area contributed by atoms with Gasteiger partial charge in [0.05, 0.1) is 0 Å². The summed E-state index contributed by atoms with van der Waals surface area (Å²) < 4.78 is 1.80. The summed E-state index contributed by atoms with van der Waals surface area (Å²) in [6, 6.07) is 11.2. The Labute approximate surface area is 91.5 Å². The fourth-order valence-electron chi connectivity index (χ4n) is 1.12. The third kappa shape index (κ3) is 2.68. The molecule has 0 bridgehead atoms. The molecule has 5 heteroatoms. The van der Waals surface area contributed by atoms with Crippen molar-refractivity contribution < 1.29 is 0 Å². The van der Waals surface area contributed by atoms with Crippen LogP contribution >= 0.6 is 0 Å². The van der Waals surface area contributed by atoms with E-state index < -0.39 is 5.69 Å². The van der Waals surface area contributed by atoms with Gasteiger partial charge in [-0.25, -0.2) is 0 Å². The molecule has 1 heterocycles. The van der Waals surface area contributed by atoms with Crippen LogP contribution in [0.25, 0.3) is 0 Å². The van der Waals surface area contributed by atoms with Crippen molar-refractivity contribution in [2.75, 3.05) is 0 Å². The van der Waals surface area contributed by atoms with Crippen LogP contribution in [0.4, 0.5) is 0 Å². The van der Waals surface area contributed by atoms with Crippen molar-refractivity contribution in [3.8, 4) is 0 Å². The molecule has 0 spiro atoms. The Morgan fingerprint density at radius 3 is 2.40 bits per heavy atom. The molecule has 4 nitrogen and oxygen atoms in total. The van der Waals surface area contributed by atoms with E-state index in [1.54, 1.807) is 0 Å². The van der Waals surface area contributed by atoms with Gasteiger partial charge in [0.25, 0.3) is 0 Å². The van der Waals surface area contributed by atoms with Crippen molar-refractivity contribution in [2.24, 2.45) is 0 Å². The van der Waals surface area contributed by atoms with Crippen LogP contribution in [0.3, 0.4) is 0 Å². The average molecular weight is 267 g/mol. The summed E-state index contributed by atoms with van der Waals surface area (Å²) in [5, 5.41) is 0. The van der Waals surface area contributed by atoms with Crippen molar-refractivity contribution in [2.45, 2.75) is 0 Å². The second kappa shape index (κ2) is 4.29. The topological polar surface area (TPSA) is 65.7 Å². The molecule has 0 aliphatic carbocycles. The standard InChI is InChI=1S/C10H8N2O2Se/c13-8-6-9(12-10(14)11-8)15-7-4-2-1-3-5-7/h1-6H,(H2,11,12,13,14). The third-order valence-corrected chi connectivity index (χ3v) is 3.69. The van der Waals surface area contributed by atoms with E-state index in [4.69, 9.17) is 0 Å². The molecule has 0 fully saturated rings. The Balaban J connectivity index is 2.33. The zero-order valence-electron chi connectivity index (χ0n) is 7.69. The summed E-state index contributed by atoms with van der Waals surface area (Å²) in [6.07, 6.45) is 0. The van der Waals surface area contributed by atoms with E-state index in [9.17, 15) is 9.59 Å². The Morgan fingerprint density at radius 1 is 1.00 bits per heavy atom. The molecule has 76 valence electrons. The molecule has 1 aromatic heterocycles. The second-order valence-corrected chi connectivity index (χ2v) is 5.21. The molecule has 0 aliphatic heterocycles. The van der Waals surface area contributed by atoms with E-state index in [0.717, 1.165) is 4.46 Å². The number of nitrogens with one attached hydrogen (secondary N) is 2. The van der Waals surface area contributed by atoms with Crippen LogP contribution in [0.5, 0.6) is 0 Å². The summed E-state index contributed by atoms with van der Waals surface area (Å²) in [5.41, 5.74) is -0.804. The Kier molecular flexibility index (Phi) is 2.85. The van der Waals surface area contributed by atoms with Crippen molar-refractivity contribution in [3.63, 3.8) is 0 Å². The molecule has 2 N–H and O–H groups in total. The van der Waals surface area contributed by atoms with Gasteiger partial charge in [-0.3, -0.25) is 0 Å². The molecule has 0 saturated heterocycles. The summed E-state index contributed by atoms with van der Waals surface area (Å²) in [7, 11) is 0. The number of hydrogen-bond acceptors (Lipinski definition) is 2. The van der Waals surface area contributed by atoms with E-state index in [0.29, 0.717) is 4.59 Å². The van der Waals surface area contributed by atoms with E-state index in [1.807, 2.05) is 30.3 Å². The molecule has 1 aromatic carbocycles. The molecule has 15 heavy (non-hydrogen) atoms. The van der Waals surface area contributed by atoms with Crippen LogP contribution in [-0.4, -0.2) is 24.9 Å². The minimum absolute atomic E-state index is 0.0331. The maximum absolute atomic E-state index is 11.0. The fourth-order valence-corrected chi connectivity index (χ4v) is 2.91. The molecule has 0 radical (unpaired) electrons. The van der Waals surface area contributed by atoms with Gasteiger partial charge in [0.2, 0.25) is 0 Å². The second-order valence-electron chi connectivity index (χ2n) is 2.87. The Morgan fingerprint density at radius 2 is 1.73 bits per heavy atom. The van der Waals surface area contributed by atoms with Crippen molar-refractivity contribution in [1.29, 1.82) is 0 Å². The van der Waals surface area contributed by atoms with Crippen molar-refractivity contribution >= 4 is 24.0 Å². The molecule has 0 amide bonds. The summed E-state index contributed by atoms with van der Waals surface area (Å²) >= 11 is -0.0331. The SMILES string of the molecule is O=c1cc([Se]c2ccccc2)[nH]c(=O)[nH]1. The van der Waals surface area contributed by atoms with Crippen LogP contribution in [0.2, 0.25) is 0 Å². The van der Waals surface area contributed by atoms with Crippen LogP contribution in [0, 0.1) is 0 Å². The van der Waals surface area contributed by atoms with Gasteiger partial charge < -0.3 is 0 Å². The molecule has 0 aliphatic rings. The number of aromatic amines is 2. The normalized spacial score (nSPS) is 10.1. The van der Waals surface area contributed by atoms with E-state index >= 15 is 0 Å². The molecule has 0 saturated carbocycles. The van der Waals surface area contributed by atoms with Gasteiger partial charge in [-0.1, -0.05) is 0 Å². The number of aromatic nitrogens is 2. The van der Waals surface area contributed by atoms with Crippen LogP contribution < -0.4 is 20.3 Å². The van der Waals surface area contributed by atoms with Crippen LogP contribution in [-0.2, 0) is 0 Å².